The van der Waals surface area contributed by atoms with Crippen LogP contribution in [-0.2, 0) is 0 Å². The molecule has 0 N–H and O–H groups in total. The van der Waals surface area contributed by atoms with Crippen LogP contribution < -0.4 is 0 Å². The van der Waals surface area contributed by atoms with E-state index in [1.165, 1.54) is 38.4 Å². The highest BCUT2D eigenvalue weighted by Gasteiger charge is 2.09. The highest BCUT2D eigenvalue weighted by atomic mass is 14.8. The van der Waals surface area contributed by atoms with Crippen LogP contribution in [0.3, 0.4) is 0 Å². The van der Waals surface area contributed by atoms with Crippen LogP contribution >= 0.6 is 0 Å². The molecule has 0 spiro atoms. The number of fused-ring (bicyclic) bond motifs is 3. The average Bonchev–Trinajstić information content (AvgIpc) is 2.37. The maximum Gasteiger partial charge on any atom is 0.160 e. The van der Waals surface area contributed by atoms with Crippen LogP contribution in [-0.4, -0.2) is 9.97 Å². The van der Waals surface area contributed by atoms with Crippen LogP contribution in [0.25, 0.3) is 21.8 Å². The Balaban J connectivity index is 2.61. The van der Waals surface area contributed by atoms with Gasteiger partial charge in [0.15, 0.2) is 5.65 Å². The van der Waals surface area contributed by atoms with Crippen molar-refractivity contribution in [2.24, 2.45) is 0 Å². The van der Waals surface area contributed by atoms with Gasteiger partial charge in [-0.2, -0.15) is 0 Å². The molecule has 2 heteroatoms. The molecule has 0 fully saturated rings. The number of aromatic nitrogens is 2. The van der Waals surface area contributed by atoms with Crippen molar-refractivity contribution in [3.8, 4) is 0 Å². The fourth-order valence-corrected chi connectivity index (χ4v) is 2.45. The molecule has 18 heavy (non-hydrogen) atoms. The van der Waals surface area contributed by atoms with Gasteiger partial charge in [0.05, 0.1) is 0 Å². The van der Waals surface area contributed by atoms with Crippen LogP contribution in [0.5, 0.6) is 0 Å². The van der Waals surface area contributed by atoms with E-state index in [0.717, 1.165) is 5.65 Å². The highest BCUT2D eigenvalue weighted by Crippen LogP contribution is 2.29. The summed E-state index contributed by atoms with van der Waals surface area (Å²) in [5.41, 5.74) is 5.95. The van der Waals surface area contributed by atoms with Gasteiger partial charge in [0.2, 0.25) is 0 Å². The molecule has 2 aromatic heterocycles. The molecular formula is C16H16N2. The zero-order valence-electron chi connectivity index (χ0n) is 11.2. The minimum Gasteiger partial charge on any atom is -0.236 e. The summed E-state index contributed by atoms with van der Waals surface area (Å²) in [4.78, 5) is 8.93. The molecule has 0 atom stereocenters. The van der Waals surface area contributed by atoms with Crippen molar-refractivity contribution >= 4 is 21.8 Å². The van der Waals surface area contributed by atoms with E-state index in [1.54, 1.807) is 0 Å². The van der Waals surface area contributed by atoms with Crippen molar-refractivity contribution < 1.29 is 0 Å². The van der Waals surface area contributed by atoms with Gasteiger partial charge >= 0.3 is 0 Å². The zero-order valence-corrected chi connectivity index (χ0v) is 11.2. The third-order valence-electron chi connectivity index (χ3n) is 3.94. The second-order valence-electron chi connectivity index (χ2n) is 4.99. The van der Waals surface area contributed by atoms with Crippen LogP contribution in [0.2, 0.25) is 0 Å². The topological polar surface area (TPSA) is 25.8 Å². The number of aryl methyl sites for hydroxylation is 4. The fourth-order valence-electron chi connectivity index (χ4n) is 2.45. The summed E-state index contributed by atoms with van der Waals surface area (Å²) in [5, 5.41) is 3.69. The van der Waals surface area contributed by atoms with Crippen LogP contribution in [0.15, 0.2) is 24.5 Å². The summed E-state index contributed by atoms with van der Waals surface area (Å²) in [6, 6.07) is 4.37. The van der Waals surface area contributed by atoms with Crippen LogP contribution in [0.1, 0.15) is 22.3 Å². The first-order valence-electron chi connectivity index (χ1n) is 6.20. The molecule has 0 bridgehead atoms. The van der Waals surface area contributed by atoms with Gasteiger partial charge in [-0.3, -0.25) is 0 Å². The highest BCUT2D eigenvalue weighted by molar-refractivity contribution is 6.07. The molecule has 1 aromatic carbocycles. The Hall–Kier alpha value is -1.96. The predicted octanol–water partition coefficient (Wildman–Crippen LogP) is 4.02. The Morgan fingerprint density at radius 1 is 0.722 bits per heavy atom. The van der Waals surface area contributed by atoms with Gasteiger partial charge in [0.25, 0.3) is 0 Å². The van der Waals surface area contributed by atoms with Gasteiger partial charge in [-0.05, 0) is 55.3 Å². The smallest absolute Gasteiger partial charge is 0.160 e. The van der Waals surface area contributed by atoms with Gasteiger partial charge in [-0.25, -0.2) is 9.97 Å². The molecule has 90 valence electrons. The summed E-state index contributed by atoms with van der Waals surface area (Å²) in [7, 11) is 0. The number of pyridine rings is 2. The lowest BCUT2D eigenvalue weighted by atomic mass is 9.97. The van der Waals surface area contributed by atoms with Crippen LogP contribution in [0.4, 0.5) is 0 Å². The van der Waals surface area contributed by atoms with Crippen molar-refractivity contribution in [1.82, 2.24) is 9.97 Å². The van der Waals surface area contributed by atoms with Crippen LogP contribution in [0, 0.1) is 27.7 Å². The lowest BCUT2D eigenvalue weighted by molar-refractivity contribution is 1.23. The number of hydrogen-bond acceptors (Lipinski definition) is 2. The number of benzene rings is 1. The van der Waals surface area contributed by atoms with E-state index in [0.29, 0.717) is 0 Å². The second-order valence-corrected chi connectivity index (χ2v) is 4.99. The molecule has 0 aliphatic heterocycles. The van der Waals surface area contributed by atoms with Gasteiger partial charge in [0.1, 0.15) is 0 Å². The number of rotatable bonds is 0. The summed E-state index contributed by atoms with van der Waals surface area (Å²) in [5.74, 6) is 0. The maximum atomic E-state index is 4.50. The Morgan fingerprint density at radius 3 is 2.22 bits per heavy atom. The SMILES string of the molecule is Cc1ccc2c(cnc3ncc(C)c(C)c32)c1C. The lowest BCUT2D eigenvalue weighted by Gasteiger charge is -2.10. The van der Waals surface area contributed by atoms with Crippen molar-refractivity contribution in [3.05, 3.63) is 46.8 Å². The molecule has 0 aliphatic carbocycles. The molecule has 3 aromatic rings. The first-order valence-corrected chi connectivity index (χ1v) is 6.20. The monoisotopic (exact) mass is 236 g/mol. The molecular weight excluding hydrogens is 220 g/mol. The molecule has 0 aliphatic rings. The largest absolute Gasteiger partial charge is 0.236 e. The van der Waals surface area contributed by atoms with E-state index in [2.05, 4.69) is 49.8 Å². The normalized spacial score (nSPS) is 11.3. The Labute approximate surface area is 107 Å². The van der Waals surface area contributed by atoms with E-state index in [4.69, 9.17) is 0 Å². The summed E-state index contributed by atoms with van der Waals surface area (Å²) >= 11 is 0. The first-order chi connectivity index (χ1) is 8.59. The van der Waals surface area contributed by atoms with Crippen molar-refractivity contribution in [3.63, 3.8) is 0 Å². The van der Waals surface area contributed by atoms with Gasteiger partial charge < -0.3 is 0 Å². The van der Waals surface area contributed by atoms with Crippen molar-refractivity contribution in [2.45, 2.75) is 27.7 Å². The van der Waals surface area contributed by atoms with E-state index in [1.807, 2.05) is 12.4 Å². The first kappa shape index (κ1) is 11.1. The summed E-state index contributed by atoms with van der Waals surface area (Å²) < 4.78 is 0. The van der Waals surface area contributed by atoms with Gasteiger partial charge in [-0.15, -0.1) is 0 Å². The summed E-state index contributed by atoms with van der Waals surface area (Å²) in [6.45, 7) is 8.54. The number of nitrogens with zero attached hydrogens (tertiary/aromatic N) is 2. The molecule has 2 nitrogen and oxygen atoms in total. The van der Waals surface area contributed by atoms with E-state index in [9.17, 15) is 0 Å². The lowest BCUT2D eigenvalue weighted by Crippen LogP contribution is -1.93. The molecule has 0 amide bonds. The van der Waals surface area contributed by atoms with E-state index < -0.39 is 0 Å². The average molecular weight is 236 g/mol. The molecule has 0 radical (unpaired) electrons. The minimum absolute atomic E-state index is 0.842. The molecule has 0 saturated carbocycles. The van der Waals surface area contributed by atoms with E-state index >= 15 is 0 Å². The van der Waals surface area contributed by atoms with Gasteiger partial charge in [0, 0.05) is 23.2 Å². The quantitative estimate of drug-likeness (QED) is 0.551. The Bertz CT molecular complexity index is 773. The Kier molecular flexibility index (Phi) is 2.34. The van der Waals surface area contributed by atoms with E-state index in [-0.39, 0.29) is 0 Å². The van der Waals surface area contributed by atoms with Crippen molar-refractivity contribution in [2.75, 3.05) is 0 Å². The predicted molar refractivity (Wildman–Crippen MR) is 76.0 cm³/mol. The molecule has 0 saturated heterocycles. The Morgan fingerprint density at radius 2 is 1.44 bits per heavy atom. The van der Waals surface area contributed by atoms with Crippen molar-refractivity contribution in [1.29, 1.82) is 0 Å². The standard InChI is InChI=1S/C16H16N2/c1-9-5-6-13-14(11(9)3)8-18-16-15(13)12(4)10(2)7-17-16/h5-8H,1-4H3. The number of hydrogen-bond donors (Lipinski definition) is 0. The molecule has 2 heterocycles. The third-order valence-corrected chi connectivity index (χ3v) is 3.94. The molecule has 0 unspecified atom stereocenters. The maximum absolute atomic E-state index is 4.50. The fraction of sp³-hybridized carbons (Fsp3) is 0.250. The second kappa shape index (κ2) is 3.77. The summed E-state index contributed by atoms with van der Waals surface area (Å²) in [6.07, 6.45) is 3.85. The minimum atomic E-state index is 0.842. The van der Waals surface area contributed by atoms with Gasteiger partial charge in [-0.1, -0.05) is 12.1 Å². The third kappa shape index (κ3) is 1.42. The molecule has 3 rings (SSSR count). The zero-order chi connectivity index (χ0) is 12.9.